The molecule has 0 aliphatic carbocycles. The van der Waals surface area contributed by atoms with Crippen molar-refractivity contribution in [3.05, 3.63) is 86.8 Å². The number of aromatic amines is 1. The van der Waals surface area contributed by atoms with Crippen LogP contribution in [0.4, 0.5) is 5.13 Å². The van der Waals surface area contributed by atoms with Crippen molar-refractivity contribution in [2.75, 3.05) is 11.9 Å². The monoisotopic (exact) mass is 431 g/mol. The highest BCUT2D eigenvalue weighted by Crippen LogP contribution is 2.29. The summed E-state index contributed by atoms with van der Waals surface area (Å²) in [6.45, 7) is 2.70. The fourth-order valence-corrected chi connectivity index (χ4v) is 4.97. The number of fused-ring (bicyclic) bond motifs is 2. The molecule has 31 heavy (non-hydrogen) atoms. The lowest BCUT2D eigenvalue weighted by Crippen LogP contribution is -2.29. The van der Waals surface area contributed by atoms with Gasteiger partial charge in [0.05, 0.1) is 23.2 Å². The summed E-state index contributed by atoms with van der Waals surface area (Å²) in [5.41, 5.74) is 2.65. The highest BCUT2D eigenvalue weighted by molar-refractivity contribution is 7.15. The first-order valence-corrected chi connectivity index (χ1v) is 11.0. The molecule has 0 fully saturated rings. The fraction of sp³-hybridized carbons (Fsp3) is 0.217. The zero-order chi connectivity index (χ0) is 21.2. The minimum atomic E-state index is -0.257. The van der Waals surface area contributed by atoms with Crippen molar-refractivity contribution in [1.82, 2.24) is 20.1 Å². The maximum atomic E-state index is 12.6. The van der Waals surface area contributed by atoms with Crippen LogP contribution < -0.4 is 10.9 Å². The van der Waals surface area contributed by atoms with Gasteiger partial charge in [0.2, 0.25) is 5.91 Å². The quantitative estimate of drug-likeness (QED) is 0.507. The zero-order valence-corrected chi connectivity index (χ0v) is 17.6. The van der Waals surface area contributed by atoms with E-state index >= 15 is 0 Å². The first-order chi connectivity index (χ1) is 15.2. The van der Waals surface area contributed by atoms with Crippen LogP contribution in [0.3, 0.4) is 0 Å². The molecule has 0 unspecified atom stereocenters. The molecule has 8 heteroatoms. The molecule has 1 amide bonds. The van der Waals surface area contributed by atoms with Gasteiger partial charge in [0.15, 0.2) is 5.13 Å². The normalized spacial score (nSPS) is 13.8. The van der Waals surface area contributed by atoms with Crippen molar-refractivity contribution in [2.45, 2.75) is 25.9 Å². The van der Waals surface area contributed by atoms with Crippen molar-refractivity contribution in [3.63, 3.8) is 0 Å². The molecule has 0 atom stereocenters. The first kappa shape index (κ1) is 19.6. The Bertz CT molecular complexity index is 1300. The van der Waals surface area contributed by atoms with E-state index in [1.165, 1.54) is 21.8 Å². The van der Waals surface area contributed by atoms with Gasteiger partial charge < -0.3 is 5.32 Å². The molecule has 2 N–H and O–H groups in total. The summed E-state index contributed by atoms with van der Waals surface area (Å²) in [6, 6.07) is 17.6. The van der Waals surface area contributed by atoms with Gasteiger partial charge in [-0.15, -0.1) is 11.3 Å². The van der Waals surface area contributed by atoms with Crippen LogP contribution >= 0.6 is 11.3 Å². The number of amides is 1. The summed E-state index contributed by atoms with van der Waals surface area (Å²) < 4.78 is 0. The largest absolute Gasteiger partial charge is 0.302 e. The number of H-pyrrole nitrogens is 1. The van der Waals surface area contributed by atoms with Gasteiger partial charge in [-0.05, 0) is 11.6 Å². The first-order valence-electron chi connectivity index (χ1n) is 10.2. The van der Waals surface area contributed by atoms with Gasteiger partial charge in [0.1, 0.15) is 0 Å². The van der Waals surface area contributed by atoms with E-state index in [-0.39, 0.29) is 17.9 Å². The molecule has 0 radical (unpaired) electrons. The number of aromatic nitrogens is 3. The smallest absolute Gasteiger partial charge is 0.272 e. The Balaban J connectivity index is 1.27. The van der Waals surface area contributed by atoms with Crippen LogP contribution in [0.1, 0.15) is 21.8 Å². The molecule has 4 aromatic rings. The molecule has 156 valence electrons. The number of rotatable bonds is 5. The van der Waals surface area contributed by atoms with Gasteiger partial charge in [-0.1, -0.05) is 48.5 Å². The number of benzene rings is 2. The minimum Gasteiger partial charge on any atom is -0.302 e. The number of carbonyl (C=O) groups excluding carboxylic acids is 1. The number of hydrogen-bond acceptors (Lipinski definition) is 6. The van der Waals surface area contributed by atoms with Crippen LogP contribution in [0.25, 0.3) is 10.8 Å². The summed E-state index contributed by atoms with van der Waals surface area (Å²) in [5, 5.41) is 11.3. The summed E-state index contributed by atoms with van der Waals surface area (Å²) in [4.78, 5) is 32.8. The van der Waals surface area contributed by atoms with E-state index < -0.39 is 0 Å². The Morgan fingerprint density at radius 2 is 1.87 bits per heavy atom. The number of nitrogens with one attached hydrogen (secondary N) is 2. The van der Waals surface area contributed by atoms with Crippen LogP contribution in [-0.2, 0) is 30.7 Å². The molecule has 0 spiro atoms. The van der Waals surface area contributed by atoms with Crippen LogP contribution in [0.2, 0.25) is 0 Å². The SMILES string of the molecule is O=C(Cc1n[nH]c(=O)c2ccccc12)Nc1nc2c(s1)CN(Cc1ccccc1)CC2. The van der Waals surface area contributed by atoms with E-state index in [9.17, 15) is 9.59 Å². The van der Waals surface area contributed by atoms with Gasteiger partial charge in [-0.2, -0.15) is 5.10 Å². The molecule has 2 aromatic carbocycles. The van der Waals surface area contributed by atoms with Gasteiger partial charge in [-0.3, -0.25) is 14.5 Å². The van der Waals surface area contributed by atoms with Gasteiger partial charge >= 0.3 is 0 Å². The van der Waals surface area contributed by atoms with E-state index in [2.05, 4.69) is 49.7 Å². The summed E-state index contributed by atoms with van der Waals surface area (Å²) in [5.74, 6) is -0.197. The summed E-state index contributed by atoms with van der Waals surface area (Å²) in [6.07, 6.45) is 0.947. The second-order valence-corrected chi connectivity index (χ2v) is 8.69. The van der Waals surface area contributed by atoms with Gasteiger partial charge in [0.25, 0.3) is 5.56 Å². The molecule has 3 heterocycles. The Labute approximate surface area is 182 Å². The van der Waals surface area contributed by atoms with Crippen molar-refractivity contribution in [2.24, 2.45) is 0 Å². The van der Waals surface area contributed by atoms with E-state index in [1.54, 1.807) is 12.1 Å². The summed E-state index contributed by atoms with van der Waals surface area (Å²) in [7, 11) is 0. The van der Waals surface area contributed by atoms with Crippen molar-refractivity contribution >= 4 is 33.1 Å². The number of carbonyl (C=O) groups is 1. The number of hydrogen-bond donors (Lipinski definition) is 2. The highest BCUT2D eigenvalue weighted by atomic mass is 32.1. The van der Waals surface area contributed by atoms with Crippen LogP contribution in [-0.4, -0.2) is 32.5 Å². The third-order valence-corrected chi connectivity index (χ3v) is 6.41. The Hall–Kier alpha value is -3.36. The number of thiazole rings is 1. The lowest BCUT2D eigenvalue weighted by Gasteiger charge is -2.25. The molecule has 7 nitrogen and oxygen atoms in total. The van der Waals surface area contributed by atoms with Gasteiger partial charge in [0, 0.05) is 36.3 Å². The number of nitrogens with zero attached hydrogens (tertiary/aromatic N) is 3. The average Bonchev–Trinajstić information content (AvgIpc) is 3.18. The molecular formula is C23H21N5O2S. The van der Waals surface area contributed by atoms with Crippen LogP contribution in [0.5, 0.6) is 0 Å². The Morgan fingerprint density at radius 3 is 2.71 bits per heavy atom. The van der Waals surface area contributed by atoms with E-state index in [1.807, 2.05) is 18.2 Å². The molecule has 0 saturated carbocycles. The second kappa shape index (κ2) is 8.41. The van der Waals surface area contributed by atoms with Crippen molar-refractivity contribution in [1.29, 1.82) is 0 Å². The van der Waals surface area contributed by atoms with Crippen LogP contribution in [0.15, 0.2) is 59.4 Å². The molecular weight excluding hydrogens is 410 g/mol. The Kier molecular flexibility index (Phi) is 5.31. The minimum absolute atomic E-state index is 0.0711. The predicted octanol–water partition coefficient (Wildman–Crippen LogP) is 3.12. The van der Waals surface area contributed by atoms with Crippen molar-refractivity contribution < 1.29 is 4.79 Å². The number of anilines is 1. The maximum Gasteiger partial charge on any atom is 0.272 e. The third-order valence-electron chi connectivity index (χ3n) is 5.41. The fourth-order valence-electron chi connectivity index (χ4n) is 3.90. The molecule has 0 saturated heterocycles. The molecule has 1 aliphatic heterocycles. The van der Waals surface area contributed by atoms with Crippen LogP contribution in [0, 0.1) is 0 Å². The predicted molar refractivity (Wildman–Crippen MR) is 121 cm³/mol. The van der Waals surface area contributed by atoms with E-state index in [0.29, 0.717) is 21.6 Å². The third kappa shape index (κ3) is 4.26. The lowest BCUT2D eigenvalue weighted by molar-refractivity contribution is -0.115. The van der Waals surface area contributed by atoms with E-state index in [4.69, 9.17) is 0 Å². The molecule has 5 rings (SSSR count). The molecule has 2 aromatic heterocycles. The topological polar surface area (TPSA) is 91.0 Å². The lowest BCUT2D eigenvalue weighted by atomic mass is 10.1. The molecule has 0 bridgehead atoms. The standard InChI is InChI=1S/C23H21N5O2S/c29-21(12-19-16-8-4-5-9-17(16)22(30)27-26-19)25-23-24-18-10-11-28(14-20(18)31-23)13-15-6-2-1-3-7-15/h1-9H,10-14H2,(H,27,30)(H,24,25,29). The average molecular weight is 432 g/mol. The van der Waals surface area contributed by atoms with E-state index in [0.717, 1.165) is 31.7 Å². The molecule has 1 aliphatic rings. The van der Waals surface area contributed by atoms with Crippen molar-refractivity contribution in [3.8, 4) is 0 Å². The zero-order valence-electron chi connectivity index (χ0n) is 16.8. The second-order valence-electron chi connectivity index (χ2n) is 7.61. The highest BCUT2D eigenvalue weighted by Gasteiger charge is 2.22. The summed E-state index contributed by atoms with van der Waals surface area (Å²) >= 11 is 1.53. The maximum absolute atomic E-state index is 12.6. The van der Waals surface area contributed by atoms with Gasteiger partial charge in [-0.25, -0.2) is 10.1 Å². The Morgan fingerprint density at radius 1 is 1.10 bits per heavy atom.